The van der Waals surface area contributed by atoms with Crippen LogP contribution in [0.5, 0.6) is 0 Å². The Hall–Kier alpha value is -2.92. The first-order chi connectivity index (χ1) is 13.4. The Balaban J connectivity index is 1.83. The Bertz CT molecular complexity index is 960. The average molecular weight is 395 g/mol. The smallest absolute Gasteiger partial charge is 0.273 e. The summed E-state index contributed by atoms with van der Waals surface area (Å²) >= 11 is 6.08. The van der Waals surface area contributed by atoms with Crippen LogP contribution < -0.4 is 5.32 Å². The van der Waals surface area contributed by atoms with Crippen molar-refractivity contribution in [3.05, 3.63) is 82.6 Å². The highest BCUT2D eigenvalue weighted by molar-refractivity contribution is 6.30. The van der Waals surface area contributed by atoms with Gasteiger partial charge in [-0.25, -0.2) is 9.97 Å². The van der Waals surface area contributed by atoms with Crippen molar-refractivity contribution in [3.63, 3.8) is 0 Å². The van der Waals surface area contributed by atoms with Gasteiger partial charge in [-0.3, -0.25) is 4.79 Å². The van der Waals surface area contributed by atoms with E-state index in [4.69, 9.17) is 11.6 Å². The Kier molecular flexibility index (Phi) is 6.26. The Labute approximate surface area is 170 Å². The normalized spacial score (nSPS) is 10.8. The minimum Gasteiger partial charge on any atom is -0.331 e. The second kappa shape index (κ2) is 8.85. The zero-order chi connectivity index (χ0) is 20.1. The molecule has 0 aliphatic rings. The third-order valence-electron chi connectivity index (χ3n) is 4.40. The summed E-state index contributed by atoms with van der Waals surface area (Å²) in [5.74, 6) is 0.228. The van der Waals surface area contributed by atoms with Crippen molar-refractivity contribution in [2.45, 2.75) is 33.4 Å². The number of nitrogens with zero attached hydrogens (tertiary/aromatic N) is 3. The molecule has 6 heteroatoms. The lowest BCUT2D eigenvalue weighted by Crippen LogP contribution is -2.37. The molecular weight excluding hydrogens is 372 g/mol. The topological polar surface area (TPSA) is 58.1 Å². The Morgan fingerprint density at radius 3 is 2.61 bits per heavy atom. The fraction of sp³-hybridized carbons (Fsp3) is 0.227. The second-order valence-electron chi connectivity index (χ2n) is 6.86. The van der Waals surface area contributed by atoms with Crippen LogP contribution in [0.15, 0.2) is 60.8 Å². The SMILES string of the molecule is Cc1ccc(Cl)cc1Nc1nccc(C(=O)N(Cc2ccccc2)C(C)C)n1. The zero-order valence-electron chi connectivity index (χ0n) is 16.2. The number of aromatic nitrogens is 2. The van der Waals surface area contributed by atoms with Crippen molar-refractivity contribution in [2.24, 2.45) is 0 Å². The van der Waals surface area contributed by atoms with Crippen LogP contribution in [0.25, 0.3) is 0 Å². The largest absolute Gasteiger partial charge is 0.331 e. The van der Waals surface area contributed by atoms with Crippen molar-refractivity contribution in [1.29, 1.82) is 0 Å². The molecule has 1 N–H and O–H groups in total. The molecule has 2 aromatic carbocycles. The number of nitrogens with one attached hydrogen (secondary N) is 1. The number of hydrogen-bond donors (Lipinski definition) is 1. The first-order valence-electron chi connectivity index (χ1n) is 9.15. The van der Waals surface area contributed by atoms with E-state index in [9.17, 15) is 4.79 Å². The molecule has 0 atom stereocenters. The first kappa shape index (κ1) is 19.8. The highest BCUT2D eigenvalue weighted by Crippen LogP contribution is 2.23. The number of hydrogen-bond acceptors (Lipinski definition) is 4. The Morgan fingerprint density at radius 1 is 1.14 bits per heavy atom. The van der Waals surface area contributed by atoms with Gasteiger partial charge in [0.15, 0.2) is 0 Å². The molecule has 0 spiro atoms. The summed E-state index contributed by atoms with van der Waals surface area (Å²) in [5.41, 5.74) is 3.24. The van der Waals surface area contributed by atoms with Crippen LogP contribution in [0.3, 0.4) is 0 Å². The standard InChI is InChI=1S/C22H23ClN4O/c1-15(2)27(14-17-7-5-4-6-8-17)21(28)19-11-12-24-22(25-19)26-20-13-18(23)10-9-16(20)3/h4-13,15H,14H2,1-3H3,(H,24,25,26). The average Bonchev–Trinajstić information content (AvgIpc) is 2.69. The molecule has 1 heterocycles. The predicted octanol–water partition coefficient (Wildman–Crippen LogP) is 5.23. The summed E-state index contributed by atoms with van der Waals surface area (Å²) in [5, 5.41) is 3.77. The zero-order valence-corrected chi connectivity index (χ0v) is 16.9. The summed E-state index contributed by atoms with van der Waals surface area (Å²) < 4.78 is 0. The van der Waals surface area contributed by atoms with E-state index in [1.165, 1.54) is 0 Å². The van der Waals surface area contributed by atoms with E-state index in [0.29, 0.717) is 23.2 Å². The van der Waals surface area contributed by atoms with Crippen LogP contribution in [0.1, 0.15) is 35.5 Å². The summed E-state index contributed by atoms with van der Waals surface area (Å²) in [4.78, 5) is 23.6. The first-order valence-corrected chi connectivity index (χ1v) is 9.53. The van der Waals surface area contributed by atoms with Gasteiger partial charge in [-0.1, -0.05) is 48.0 Å². The monoisotopic (exact) mass is 394 g/mol. The molecule has 0 aliphatic carbocycles. The summed E-state index contributed by atoms with van der Waals surface area (Å²) in [6.07, 6.45) is 1.59. The summed E-state index contributed by atoms with van der Waals surface area (Å²) in [6.45, 7) is 6.48. The molecule has 1 amide bonds. The minimum absolute atomic E-state index is 0.0363. The van der Waals surface area contributed by atoms with Gasteiger partial charge in [0.05, 0.1) is 0 Å². The molecule has 0 aliphatic heterocycles. The number of anilines is 2. The van der Waals surface area contributed by atoms with Crippen LogP contribution in [0.2, 0.25) is 5.02 Å². The minimum atomic E-state index is -0.132. The van der Waals surface area contributed by atoms with Gasteiger partial charge < -0.3 is 10.2 Å². The lowest BCUT2D eigenvalue weighted by atomic mass is 10.1. The van der Waals surface area contributed by atoms with E-state index in [1.54, 1.807) is 17.2 Å². The summed E-state index contributed by atoms with van der Waals surface area (Å²) in [6, 6.07) is 17.2. The number of carbonyl (C=O) groups is 1. The van der Waals surface area contributed by atoms with E-state index in [0.717, 1.165) is 16.8 Å². The lowest BCUT2D eigenvalue weighted by molar-refractivity contribution is 0.0684. The van der Waals surface area contributed by atoms with E-state index < -0.39 is 0 Å². The van der Waals surface area contributed by atoms with Crippen molar-refractivity contribution >= 4 is 29.1 Å². The molecule has 0 unspecified atom stereocenters. The third-order valence-corrected chi connectivity index (χ3v) is 4.64. The van der Waals surface area contributed by atoms with Crippen LogP contribution >= 0.6 is 11.6 Å². The molecule has 0 fully saturated rings. The van der Waals surface area contributed by atoms with E-state index >= 15 is 0 Å². The maximum atomic E-state index is 13.1. The second-order valence-corrected chi connectivity index (χ2v) is 7.30. The van der Waals surface area contributed by atoms with Gasteiger partial charge in [0, 0.05) is 29.5 Å². The highest BCUT2D eigenvalue weighted by Gasteiger charge is 2.21. The van der Waals surface area contributed by atoms with Gasteiger partial charge in [-0.15, -0.1) is 0 Å². The molecule has 0 saturated carbocycles. The molecule has 0 saturated heterocycles. The van der Waals surface area contributed by atoms with Crippen molar-refractivity contribution in [2.75, 3.05) is 5.32 Å². The van der Waals surface area contributed by atoms with Gasteiger partial charge in [-0.2, -0.15) is 0 Å². The lowest BCUT2D eigenvalue weighted by Gasteiger charge is -2.26. The molecule has 0 radical (unpaired) electrons. The molecular formula is C22H23ClN4O. The Morgan fingerprint density at radius 2 is 1.89 bits per heavy atom. The predicted molar refractivity (Wildman–Crippen MR) is 113 cm³/mol. The van der Waals surface area contributed by atoms with Gasteiger partial charge in [0.2, 0.25) is 5.95 Å². The van der Waals surface area contributed by atoms with Crippen molar-refractivity contribution in [3.8, 4) is 0 Å². The van der Waals surface area contributed by atoms with Gasteiger partial charge in [0.1, 0.15) is 5.69 Å². The van der Waals surface area contributed by atoms with Gasteiger partial charge in [0.25, 0.3) is 5.91 Å². The van der Waals surface area contributed by atoms with E-state index in [-0.39, 0.29) is 11.9 Å². The van der Waals surface area contributed by atoms with Crippen LogP contribution in [0, 0.1) is 6.92 Å². The fourth-order valence-electron chi connectivity index (χ4n) is 2.80. The third kappa shape index (κ3) is 4.87. The van der Waals surface area contributed by atoms with Crippen LogP contribution in [-0.4, -0.2) is 26.8 Å². The number of halogens is 1. The van der Waals surface area contributed by atoms with Gasteiger partial charge >= 0.3 is 0 Å². The number of rotatable bonds is 6. The van der Waals surface area contributed by atoms with Crippen molar-refractivity contribution in [1.82, 2.24) is 14.9 Å². The number of benzene rings is 2. The molecule has 1 aromatic heterocycles. The highest BCUT2D eigenvalue weighted by atomic mass is 35.5. The van der Waals surface area contributed by atoms with Crippen molar-refractivity contribution < 1.29 is 4.79 Å². The molecule has 5 nitrogen and oxygen atoms in total. The van der Waals surface area contributed by atoms with E-state index in [2.05, 4.69) is 15.3 Å². The maximum Gasteiger partial charge on any atom is 0.273 e. The van der Waals surface area contributed by atoms with Crippen LogP contribution in [0.4, 0.5) is 11.6 Å². The summed E-state index contributed by atoms with van der Waals surface area (Å²) in [7, 11) is 0. The number of carbonyl (C=O) groups excluding carboxylic acids is 1. The molecule has 3 rings (SSSR count). The fourth-order valence-corrected chi connectivity index (χ4v) is 2.98. The number of amides is 1. The molecule has 144 valence electrons. The maximum absolute atomic E-state index is 13.1. The van der Waals surface area contributed by atoms with Gasteiger partial charge in [-0.05, 0) is 50.1 Å². The van der Waals surface area contributed by atoms with E-state index in [1.807, 2.05) is 69.3 Å². The van der Waals surface area contributed by atoms with Crippen LogP contribution in [-0.2, 0) is 6.54 Å². The molecule has 0 bridgehead atoms. The molecule has 28 heavy (non-hydrogen) atoms. The number of aryl methyl sites for hydroxylation is 1. The quantitative estimate of drug-likeness (QED) is 0.621. The molecule has 3 aromatic rings.